The van der Waals surface area contributed by atoms with E-state index in [1.54, 1.807) is 5.38 Å². The Morgan fingerprint density at radius 1 is 1.64 bits per heavy atom. The highest BCUT2D eigenvalue weighted by Gasteiger charge is 2.15. The van der Waals surface area contributed by atoms with Crippen molar-refractivity contribution in [3.05, 3.63) is 22.8 Å². The van der Waals surface area contributed by atoms with Crippen LogP contribution >= 0.6 is 11.3 Å². The Bertz CT molecular complexity index is 447. The highest BCUT2D eigenvalue weighted by atomic mass is 32.1. The summed E-state index contributed by atoms with van der Waals surface area (Å²) in [6, 6.07) is 1.44. The second-order valence-electron chi connectivity index (χ2n) is 2.91. The predicted molar refractivity (Wildman–Crippen MR) is 55.6 cm³/mol. The zero-order valence-electron chi connectivity index (χ0n) is 7.67. The van der Waals surface area contributed by atoms with Gasteiger partial charge in [-0.25, -0.2) is 4.39 Å². The van der Waals surface area contributed by atoms with Gasteiger partial charge in [-0.05, 0) is 17.9 Å². The third-order valence-electron chi connectivity index (χ3n) is 2.10. The Hall–Kier alpha value is -1.36. The first-order chi connectivity index (χ1) is 6.74. The summed E-state index contributed by atoms with van der Waals surface area (Å²) in [6.07, 6.45) is 0.745. The summed E-state index contributed by atoms with van der Waals surface area (Å²) < 4.78 is 13.3. The van der Waals surface area contributed by atoms with Crippen LogP contribution in [-0.2, 0) is 6.42 Å². The summed E-state index contributed by atoms with van der Waals surface area (Å²) in [5.41, 5.74) is 7.23. The number of hydrogen-bond donors (Lipinski definition) is 2. The topological polar surface area (TPSA) is 54.7 Å². The summed E-state index contributed by atoms with van der Waals surface area (Å²) >= 11 is 1.34. The van der Waals surface area contributed by atoms with Crippen molar-refractivity contribution in [3.8, 4) is 10.6 Å². The van der Waals surface area contributed by atoms with Crippen molar-refractivity contribution in [2.24, 2.45) is 0 Å². The molecular weight excluding hydrogens is 201 g/mol. The van der Waals surface area contributed by atoms with Crippen molar-refractivity contribution >= 4 is 17.2 Å². The molecule has 14 heavy (non-hydrogen) atoms. The normalized spacial score (nSPS) is 10.7. The summed E-state index contributed by atoms with van der Waals surface area (Å²) in [5.74, 6) is 0.226. The fourth-order valence-corrected chi connectivity index (χ4v) is 2.19. The van der Waals surface area contributed by atoms with Gasteiger partial charge in [-0.3, -0.25) is 5.10 Å². The fourth-order valence-electron chi connectivity index (χ4n) is 1.40. The molecular formula is C9H10FN3S. The molecule has 0 atom stereocenters. The van der Waals surface area contributed by atoms with Crippen LogP contribution in [-0.4, -0.2) is 10.2 Å². The molecule has 3 nitrogen and oxygen atoms in total. The van der Waals surface area contributed by atoms with Crippen LogP contribution in [0.3, 0.4) is 0 Å². The summed E-state index contributed by atoms with van der Waals surface area (Å²) in [5, 5.41) is 8.35. The minimum absolute atomic E-state index is 0.228. The van der Waals surface area contributed by atoms with Crippen molar-refractivity contribution < 1.29 is 4.39 Å². The molecule has 0 radical (unpaired) electrons. The van der Waals surface area contributed by atoms with Crippen LogP contribution in [0.5, 0.6) is 0 Å². The molecule has 0 aliphatic heterocycles. The summed E-state index contributed by atoms with van der Waals surface area (Å²) in [4.78, 5) is 0.575. The van der Waals surface area contributed by atoms with E-state index < -0.39 is 0 Å². The van der Waals surface area contributed by atoms with E-state index in [-0.39, 0.29) is 5.82 Å². The second kappa shape index (κ2) is 3.42. The van der Waals surface area contributed by atoms with Crippen molar-refractivity contribution in [2.45, 2.75) is 13.3 Å². The smallest absolute Gasteiger partial charge is 0.149 e. The molecule has 74 valence electrons. The van der Waals surface area contributed by atoms with Gasteiger partial charge in [0.1, 0.15) is 11.6 Å². The minimum atomic E-state index is -0.228. The number of nitrogens with one attached hydrogen (secondary N) is 1. The Morgan fingerprint density at radius 3 is 3.00 bits per heavy atom. The number of halogens is 1. The van der Waals surface area contributed by atoms with Crippen molar-refractivity contribution in [1.29, 1.82) is 0 Å². The molecule has 3 N–H and O–H groups in total. The number of nitrogens with zero attached hydrogens (tertiary/aromatic N) is 1. The number of aromatic nitrogens is 2. The third kappa shape index (κ3) is 1.29. The molecule has 0 aliphatic rings. The number of nitrogens with two attached hydrogens (primary N) is 1. The fraction of sp³-hybridized carbons (Fsp3) is 0.222. The molecule has 0 bridgehead atoms. The van der Waals surface area contributed by atoms with Crippen LogP contribution in [0.1, 0.15) is 12.5 Å². The van der Waals surface area contributed by atoms with Crippen LogP contribution in [0.2, 0.25) is 0 Å². The maximum atomic E-state index is 13.3. The van der Waals surface area contributed by atoms with Crippen LogP contribution in [0.4, 0.5) is 10.2 Å². The number of H-pyrrole nitrogens is 1. The molecule has 0 saturated carbocycles. The van der Waals surface area contributed by atoms with Gasteiger partial charge in [-0.15, -0.1) is 11.3 Å². The summed E-state index contributed by atoms with van der Waals surface area (Å²) in [7, 11) is 0. The zero-order chi connectivity index (χ0) is 10.1. The van der Waals surface area contributed by atoms with Gasteiger partial charge in [0.25, 0.3) is 0 Å². The van der Waals surface area contributed by atoms with Crippen molar-refractivity contribution in [1.82, 2.24) is 10.2 Å². The average Bonchev–Trinajstić information content (AvgIpc) is 2.71. The monoisotopic (exact) mass is 211 g/mol. The molecule has 2 aromatic rings. The predicted octanol–water partition coefficient (Wildman–Crippen LogP) is 2.42. The molecule has 2 heterocycles. The number of thiophene rings is 1. The first kappa shape index (κ1) is 9.21. The zero-order valence-corrected chi connectivity index (χ0v) is 8.49. The number of rotatable bonds is 2. The maximum absolute atomic E-state index is 13.3. The van der Waals surface area contributed by atoms with E-state index in [4.69, 9.17) is 5.73 Å². The first-order valence-corrected chi connectivity index (χ1v) is 5.18. The van der Waals surface area contributed by atoms with Gasteiger partial charge in [0.05, 0.1) is 10.6 Å². The van der Waals surface area contributed by atoms with Gasteiger partial charge < -0.3 is 5.73 Å². The van der Waals surface area contributed by atoms with Crippen LogP contribution in [0.25, 0.3) is 10.6 Å². The van der Waals surface area contributed by atoms with Gasteiger partial charge in [0.2, 0.25) is 0 Å². The lowest BCUT2D eigenvalue weighted by Gasteiger charge is -1.97. The first-order valence-electron chi connectivity index (χ1n) is 4.30. The molecule has 2 rings (SSSR count). The van der Waals surface area contributed by atoms with Gasteiger partial charge in [0, 0.05) is 5.56 Å². The lowest BCUT2D eigenvalue weighted by Crippen LogP contribution is -1.90. The van der Waals surface area contributed by atoms with E-state index in [0.29, 0.717) is 16.4 Å². The molecule has 0 unspecified atom stereocenters. The van der Waals surface area contributed by atoms with Crippen LogP contribution in [0.15, 0.2) is 11.4 Å². The lowest BCUT2D eigenvalue weighted by atomic mass is 10.1. The molecule has 0 fully saturated rings. The van der Waals surface area contributed by atoms with E-state index in [0.717, 1.165) is 12.0 Å². The number of nitrogen functional groups attached to an aromatic ring is 1. The highest BCUT2D eigenvalue weighted by molar-refractivity contribution is 7.13. The molecule has 0 aliphatic carbocycles. The quantitative estimate of drug-likeness (QED) is 0.801. The van der Waals surface area contributed by atoms with Crippen LogP contribution < -0.4 is 5.73 Å². The van der Waals surface area contributed by atoms with Gasteiger partial charge in [-0.1, -0.05) is 6.92 Å². The van der Waals surface area contributed by atoms with Gasteiger partial charge >= 0.3 is 0 Å². The Kier molecular flexibility index (Phi) is 2.25. The molecule has 0 spiro atoms. The molecule has 2 aromatic heterocycles. The second-order valence-corrected chi connectivity index (χ2v) is 3.83. The molecule has 0 saturated heterocycles. The van der Waals surface area contributed by atoms with Crippen LogP contribution in [0, 0.1) is 5.82 Å². The minimum Gasteiger partial charge on any atom is -0.382 e. The van der Waals surface area contributed by atoms with E-state index in [1.807, 2.05) is 6.92 Å². The van der Waals surface area contributed by atoms with Crippen molar-refractivity contribution in [3.63, 3.8) is 0 Å². The maximum Gasteiger partial charge on any atom is 0.149 e. The van der Waals surface area contributed by atoms with E-state index in [1.165, 1.54) is 17.4 Å². The van der Waals surface area contributed by atoms with E-state index >= 15 is 0 Å². The van der Waals surface area contributed by atoms with Gasteiger partial charge in [-0.2, -0.15) is 5.10 Å². The number of hydrogen-bond acceptors (Lipinski definition) is 3. The Labute approximate surface area is 84.8 Å². The highest BCUT2D eigenvalue weighted by Crippen LogP contribution is 2.31. The average molecular weight is 211 g/mol. The molecule has 0 aromatic carbocycles. The summed E-state index contributed by atoms with van der Waals surface area (Å²) in [6.45, 7) is 1.97. The molecule has 5 heteroatoms. The van der Waals surface area contributed by atoms with E-state index in [2.05, 4.69) is 10.2 Å². The van der Waals surface area contributed by atoms with Crippen molar-refractivity contribution in [2.75, 3.05) is 5.73 Å². The Balaban J connectivity index is 2.57. The lowest BCUT2D eigenvalue weighted by molar-refractivity contribution is 0.635. The number of anilines is 1. The third-order valence-corrected chi connectivity index (χ3v) is 3.00. The number of aromatic amines is 1. The largest absolute Gasteiger partial charge is 0.382 e. The molecule has 0 amide bonds. The van der Waals surface area contributed by atoms with Gasteiger partial charge in [0.15, 0.2) is 0 Å². The Morgan fingerprint density at radius 2 is 2.43 bits per heavy atom. The standard InChI is InChI=1S/C9H10FN3S/c1-2-5-7(12-13-9(5)11)8-6(10)3-4-14-8/h3-4H,2H2,1H3,(H3,11,12,13). The van der Waals surface area contributed by atoms with E-state index in [9.17, 15) is 4.39 Å². The SMILES string of the molecule is CCc1c(N)n[nH]c1-c1sccc1F.